The van der Waals surface area contributed by atoms with E-state index >= 15 is 0 Å². The number of aryl methyl sites for hydroxylation is 1. The number of rotatable bonds is 3. The fourth-order valence-corrected chi connectivity index (χ4v) is 3.77. The Morgan fingerprint density at radius 3 is 2.28 bits per heavy atom. The van der Waals surface area contributed by atoms with Crippen LogP contribution in [0.1, 0.15) is 16.2 Å². The minimum absolute atomic E-state index is 0.0230. The van der Waals surface area contributed by atoms with Gasteiger partial charge in [0, 0.05) is 44.8 Å². The van der Waals surface area contributed by atoms with Crippen molar-refractivity contribution >= 4 is 17.4 Å². The van der Waals surface area contributed by atoms with Gasteiger partial charge in [-0.3, -0.25) is 9.20 Å². The maximum Gasteiger partial charge on any atom is 0.272 e. The lowest BCUT2D eigenvalue weighted by molar-refractivity contribution is 0.0738. The second-order valence-electron chi connectivity index (χ2n) is 7.09. The van der Waals surface area contributed by atoms with Gasteiger partial charge < -0.3 is 14.4 Å². The molecule has 146 valence electrons. The molecular weight excluding hydrogens is 366 g/mol. The van der Waals surface area contributed by atoms with Crippen molar-refractivity contribution in [2.75, 3.05) is 31.1 Å². The summed E-state index contributed by atoms with van der Waals surface area (Å²) in [5.41, 5.74) is 2.20. The van der Waals surface area contributed by atoms with E-state index in [4.69, 9.17) is 0 Å². The predicted octanol–water partition coefficient (Wildman–Crippen LogP) is 2.19. The van der Waals surface area contributed by atoms with E-state index in [1.807, 2.05) is 81.8 Å². The SMILES string of the molecule is Cc1nc2ccccn2c1C(=O)N1CCN(c2ccc(-n3cccc3)nn2)CC1. The summed E-state index contributed by atoms with van der Waals surface area (Å²) in [6, 6.07) is 13.6. The Balaban J connectivity index is 1.29. The monoisotopic (exact) mass is 387 g/mol. The van der Waals surface area contributed by atoms with Crippen LogP contribution in [0.25, 0.3) is 11.5 Å². The molecule has 0 aromatic carbocycles. The Hall–Kier alpha value is -3.68. The van der Waals surface area contributed by atoms with E-state index in [1.165, 1.54) is 0 Å². The zero-order valence-corrected chi connectivity index (χ0v) is 16.1. The molecule has 0 atom stereocenters. The highest BCUT2D eigenvalue weighted by molar-refractivity contribution is 5.94. The van der Waals surface area contributed by atoms with Gasteiger partial charge in [-0.15, -0.1) is 10.2 Å². The molecule has 8 heteroatoms. The van der Waals surface area contributed by atoms with Crippen LogP contribution in [-0.2, 0) is 0 Å². The molecule has 4 aromatic heterocycles. The maximum absolute atomic E-state index is 13.1. The molecule has 0 aliphatic carbocycles. The molecule has 0 bridgehead atoms. The highest BCUT2D eigenvalue weighted by Gasteiger charge is 2.26. The van der Waals surface area contributed by atoms with Crippen molar-refractivity contribution in [3.63, 3.8) is 0 Å². The van der Waals surface area contributed by atoms with E-state index in [0.717, 1.165) is 36.1 Å². The smallest absolute Gasteiger partial charge is 0.272 e. The third-order valence-corrected chi connectivity index (χ3v) is 5.30. The number of carbonyl (C=O) groups is 1. The summed E-state index contributed by atoms with van der Waals surface area (Å²) in [7, 11) is 0. The lowest BCUT2D eigenvalue weighted by Gasteiger charge is -2.35. The van der Waals surface area contributed by atoms with Crippen molar-refractivity contribution in [2.45, 2.75) is 6.92 Å². The lowest BCUT2D eigenvalue weighted by Crippen LogP contribution is -2.49. The summed E-state index contributed by atoms with van der Waals surface area (Å²) < 4.78 is 3.79. The molecule has 8 nitrogen and oxygen atoms in total. The van der Waals surface area contributed by atoms with Crippen LogP contribution < -0.4 is 4.90 Å². The van der Waals surface area contributed by atoms with Crippen molar-refractivity contribution in [1.29, 1.82) is 0 Å². The molecular formula is C21H21N7O. The first-order valence-corrected chi connectivity index (χ1v) is 9.66. The highest BCUT2D eigenvalue weighted by atomic mass is 16.2. The van der Waals surface area contributed by atoms with Crippen molar-refractivity contribution in [3.8, 4) is 5.82 Å². The van der Waals surface area contributed by atoms with Gasteiger partial charge in [0.05, 0.1) is 5.69 Å². The minimum atomic E-state index is 0.0230. The van der Waals surface area contributed by atoms with Crippen LogP contribution in [-0.4, -0.2) is 61.1 Å². The molecule has 1 saturated heterocycles. The van der Waals surface area contributed by atoms with Gasteiger partial charge in [-0.25, -0.2) is 4.98 Å². The largest absolute Gasteiger partial charge is 0.352 e. The number of pyridine rings is 1. The number of hydrogen-bond acceptors (Lipinski definition) is 5. The molecule has 0 unspecified atom stereocenters. The van der Waals surface area contributed by atoms with E-state index < -0.39 is 0 Å². The number of piperazine rings is 1. The molecule has 0 spiro atoms. The zero-order valence-electron chi connectivity index (χ0n) is 16.1. The Kier molecular flexibility index (Phi) is 4.23. The van der Waals surface area contributed by atoms with Gasteiger partial charge in [0.25, 0.3) is 5.91 Å². The number of carbonyl (C=O) groups excluding carboxylic acids is 1. The van der Waals surface area contributed by atoms with Gasteiger partial charge in [0.1, 0.15) is 11.3 Å². The quantitative estimate of drug-likeness (QED) is 0.539. The predicted molar refractivity (Wildman–Crippen MR) is 109 cm³/mol. The van der Waals surface area contributed by atoms with Gasteiger partial charge in [-0.05, 0) is 43.3 Å². The molecule has 4 aromatic rings. The van der Waals surface area contributed by atoms with E-state index in [1.54, 1.807) is 0 Å². The Labute approximate surface area is 168 Å². The van der Waals surface area contributed by atoms with Gasteiger partial charge >= 0.3 is 0 Å². The second-order valence-corrected chi connectivity index (χ2v) is 7.09. The Morgan fingerprint density at radius 1 is 0.862 bits per heavy atom. The molecule has 29 heavy (non-hydrogen) atoms. The first-order chi connectivity index (χ1) is 14.2. The summed E-state index contributed by atoms with van der Waals surface area (Å²) in [4.78, 5) is 21.7. The molecule has 1 aliphatic rings. The Morgan fingerprint density at radius 2 is 1.55 bits per heavy atom. The number of imidazole rings is 1. The van der Waals surface area contributed by atoms with Crippen LogP contribution >= 0.6 is 0 Å². The standard InChI is InChI=1S/C21H21N7O/c1-16-20(28-11-3-2-6-17(28)22-16)21(29)27-14-12-26(13-15-27)19-8-7-18(23-24-19)25-9-4-5-10-25/h2-11H,12-15H2,1H3. The van der Waals surface area contributed by atoms with Gasteiger partial charge in [0.15, 0.2) is 11.6 Å². The average Bonchev–Trinajstić information content (AvgIpc) is 3.41. The number of amides is 1. The van der Waals surface area contributed by atoms with Crippen LogP contribution in [0.2, 0.25) is 0 Å². The molecule has 0 N–H and O–H groups in total. The molecule has 5 heterocycles. The van der Waals surface area contributed by atoms with E-state index in [-0.39, 0.29) is 5.91 Å². The number of hydrogen-bond donors (Lipinski definition) is 0. The summed E-state index contributed by atoms with van der Waals surface area (Å²) >= 11 is 0. The minimum Gasteiger partial charge on any atom is -0.352 e. The fraction of sp³-hybridized carbons (Fsp3) is 0.238. The third kappa shape index (κ3) is 3.12. The second kappa shape index (κ2) is 7.05. The van der Waals surface area contributed by atoms with E-state index in [0.29, 0.717) is 18.8 Å². The summed E-state index contributed by atoms with van der Waals surface area (Å²) in [6.07, 6.45) is 5.77. The van der Waals surface area contributed by atoms with Crippen LogP contribution in [0.5, 0.6) is 0 Å². The van der Waals surface area contributed by atoms with Crippen LogP contribution in [0.4, 0.5) is 5.82 Å². The lowest BCUT2D eigenvalue weighted by atomic mass is 10.2. The molecule has 0 radical (unpaired) electrons. The number of anilines is 1. The van der Waals surface area contributed by atoms with Gasteiger partial charge in [0.2, 0.25) is 0 Å². The topological polar surface area (TPSA) is 71.6 Å². The Bertz CT molecular complexity index is 1140. The van der Waals surface area contributed by atoms with E-state index in [9.17, 15) is 4.79 Å². The molecule has 1 amide bonds. The first kappa shape index (κ1) is 17.4. The van der Waals surface area contributed by atoms with Crippen molar-refractivity contribution in [3.05, 3.63) is 72.4 Å². The zero-order chi connectivity index (χ0) is 19.8. The number of fused-ring (bicyclic) bond motifs is 1. The first-order valence-electron chi connectivity index (χ1n) is 9.66. The third-order valence-electron chi connectivity index (χ3n) is 5.30. The van der Waals surface area contributed by atoms with Crippen LogP contribution in [0.15, 0.2) is 61.1 Å². The van der Waals surface area contributed by atoms with Crippen LogP contribution in [0, 0.1) is 6.92 Å². The highest BCUT2D eigenvalue weighted by Crippen LogP contribution is 2.18. The molecule has 1 fully saturated rings. The van der Waals surface area contributed by atoms with E-state index in [2.05, 4.69) is 20.1 Å². The fourth-order valence-electron chi connectivity index (χ4n) is 3.77. The average molecular weight is 387 g/mol. The maximum atomic E-state index is 13.1. The summed E-state index contributed by atoms with van der Waals surface area (Å²) in [5, 5.41) is 8.69. The molecule has 5 rings (SSSR count). The summed E-state index contributed by atoms with van der Waals surface area (Å²) in [6.45, 7) is 4.61. The van der Waals surface area contributed by atoms with Crippen molar-refractivity contribution in [2.24, 2.45) is 0 Å². The van der Waals surface area contributed by atoms with Gasteiger partial charge in [-0.2, -0.15) is 0 Å². The van der Waals surface area contributed by atoms with Crippen LogP contribution in [0.3, 0.4) is 0 Å². The van der Waals surface area contributed by atoms with Crippen molar-refractivity contribution in [1.82, 2.24) is 29.0 Å². The van der Waals surface area contributed by atoms with Crippen molar-refractivity contribution < 1.29 is 4.79 Å². The normalized spacial score (nSPS) is 14.5. The molecule has 0 saturated carbocycles. The molecule has 1 aliphatic heterocycles. The van der Waals surface area contributed by atoms with Gasteiger partial charge in [-0.1, -0.05) is 6.07 Å². The summed E-state index contributed by atoms with van der Waals surface area (Å²) in [5.74, 6) is 1.64. The number of nitrogens with zero attached hydrogens (tertiary/aromatic N) is 7. The number of aromatic nitrogens is 5.